The third-order valence-corrected chi connectivity index (χ3v) is 1.43. The molecule has 0 saturated carbocycles. The molecular weight excluding hydrogens is 157 g/mol. The lowest BCUT2D eigenvalue weighted by Crippen LogP contribution is -1.98. The van der Waals surface area contributed by atoms with Crippen LogP contribution in [0, 0.1) is 11.9 Å². The Bertz CT molecular complexity index is 296. The Morgan fingerprint density at radius 2 is 2.42 bits per heavy atom. The maximum Gasteiger partial charge on any atom is 0.132 e. The third-order valence-electron chi connectivity index (χ3n) is 1.43. The number of rotatable bonds is 2. The third kappa shape index (κ3) is 1.81. The predicted molar refractivity (Wildman–Crippen MR) is 44.5 cm³/mol. The maximum atomic E-state index is 13.0. The van der Waals surface area contributed by atoms with Crippen molar-refractivity contribution >= 4 is 5.71 Å². The maximum absolute atomic E-state index is 13.0. The normalized spacial score (nSPS) is 11.4. The first kappa shape index (κ1) is 8.71. The molecule has 1 aromatic carbocycles. The monoisotopic (exact) mass is 166 g/mol. The first-order valence-corrected chi connectivity index (χ1v) is 3.49. The van der Waals surface area contributed by atoms with Gasteiger partial charge in [-0.15, -0.1) is 0 Å². The van der Waals surface area contributed by atoms with Crippen molar-refractivity contribution in [3.63, 3.8) is 0 Å². The minimum Gasteiger partial charge on any atom is -0.399 e. The van der Waals surface area contributed by atoms with E-state index in [4.69, 9.17) is 0 Å². The van der Waals surface area contributed by atoms with Crippen molar-refractivity contribution in [2.24, 2.45) is 5.16 Å². The molecule has 0 bridgehead atoms. The van der Waals surface area contributed by atoms with E-state index in [0.29, 0.717) is 11.3 Å². The van der Waals surface area contributed by atoms with Crippen molar-refractivity contribution in [3.8, 4) is 0 Å². The summed E-state index contributed by atoms with van der Waals surface area (Å²) in [6.07, 6.45) is 0. The van der Waals surface area contributed by atoms with Crippen LogP contribution < -0.4 is 0 Å². The summed E-state index contributed by atoms with van der Waals surface area (Å²) in [5.41, 5.74) is 0.958. The van der Waals surface area contributed by atoms with Crippen LogP contribution in [0.2, 0.25) is 0 Å². The second-order valence-corrected chi connectivity index (χ2v) is 2.27. The molecule has 0 aromatic heterocycles. The summed E-state index contributed by atoms with van der Waals surface area (Å²) in [6.45, 7) is 1.68. The van der Waals surface area contributed by atoms with Gasteiger partial charge in [-0.1, -0.05) is 11.2 Å². The smallest absolute Gasteiger partial charge is 0.132 e. The minimum absolute atomic E-state index is 0.337. The van der Waals surface area contributed by atoms with E-state index < -0.39 is 0 Å². The van der Waals surface area contributed by atoms with Gasteiger partial charge in [0, 0.05) is 5.56 Å². The number of hydrogen-bond acceptors (Lipinski definition) is 2. The summed E-state index contributed by atoms with van der Waals surface area (Å²) in [6, 6.07) is 7.13. The van der Waals surface area contributed by atoms with E-state index in [9.17, 15) is 4.39 Å². The van der Waals surface area contributed by atoms with Crippen molar-refractivity contribution < 1.29 is 9.23 Å². The summed E-state index contributed by atoms with van der Waals surface area (Å²) < 4.78 is 13.0. The van der Waals surface area contributed by atoms with Gasteiger partial charge in [0.05, 0.1) is 5.71 Å². The summed E-state index contributed by atoms with van der Waals surface area (Å²) >= 11 is 0. The highest BCUT2D eigenvalue weighted by Gasteiger charge is 2.03. The largest absolute Gasteiger partial charge is 0.399 e. The number of benzene rings is 1. The molecule has 1 rings (SSSR count). The molecule has 2 nitrogen and oxygen atoms in total. The molecule has 0 N–H and O–H groups in total. The van der Waals surface area contributed by atoms with Crippen LogP contribution in [-0.2, 0) is 4.84 Å². The SMILES string of the molecule is CON=C(C)c1cc[c]cc1F. The number of hydrogen-bond donors (Lipinski definition) is 0. The topological polar surface area (TPSA) is 21.6 Å². The zero-order chi connectivity index (χ0) is 8.97. The van der Waals surface area contributed by atoms with Gasteiger partial charge >= 0.3 is 0 Å². The molecule has 0 atom stereocenters. The molecule has 0 saturated heterocycles. The van der Waals surface area contributed by atoms with Gasteiger partial charge in [0.25, 0.3) is 0 Å². The second-order valence-electron chi connectivity index (χ2n) is 2.27. The van der Waals surface area contributed by atoms with E-state index in [0.717, 1.165) is 0 Å². The van der Waals surface area contributed by atoms with Crippen LogP contribution in [0.1, 0.15) is 12.5 Å². The number of halogens is 1. The van der Waals surface area contributed by atoms with Crippen molar-refractivity contribution in [2.75, 3.05) is 7.11 Å². The summed E-state index contributed by atoms with van der Waals surface area (Å²) in [5.74, 6) is -0.337. The Hall–Kier alpha value is -1.38. The molecule has 1 radical (unpaired) electrons. The molecule has 0 amide bonds. The molecule has 0 aliphatic rings. The Labute approximate surface area is 70.7 Å². The first-order chi connectivity index (χ1) is 5.75. The van der Waals surface area contributed by atoms with E-state index in [1.165, 1.54) is 13.2 Å². The fourth-order valence-corrected chi connectivity index (χ4v) is 0.890. The summed E-state index contributed by atoms with van der Waals surface area (Å²) in [7, 11) is 1.43. The van der Waals surface area contributed by atoms with Crippen molar-refractivity contribution in [1.82, 2.24) is 0 Å². The van der Waals surface area contributed by atoms with E-state index in [-0.39, 0.29) is 5.82 Å². The van der Waals surface area contributed by atoms with E-state index in [1.807, 2.05) is 0 Å². The molecule has 63 valence electrons. The van der Waals surface area contributed by atoms with Crippen molar-refractivity contribution in [2.45, 2.75) is 6.92 Å². The molecule has 1 aromatic rings. The van der Waals surface area contributed by atoms with Gasteiger partial charge in [-0.25, -0.2) is 4.39 Å². The average molecular weight is 166 g/mol. The van der Waals surface area contributed by atoms with Crippen LogP contribution in [-0.4, -0.2) is 12.8 Å². The lowest BCUT2D eigenvalue weighted by atomic mass is 10.1. The average Bonchev–Trinajstić information content (AvgIpc) is 2.05. The van der Waals surface area contributed by atoms with Crippen molar-refractivity contribution in [3.05, 3.63) is 35.6 Å². The standard InChI is InChI=1S/C9H9FNO/c1-7(11-12-2)8-5-3-4-6-9(8)10/h3,5-6H,1-2H3. The predicted octanol–water partition coefficient (Wildman–Crippen LogP) is 2.00. The molecule has 0 heterocycles. The van der Waals surface area contributed by atoms with Crippen LogP contribution in [0.25, 0.3) is 0 Å². The number of nitrogens with zero attached hydrogens (tertiary/aromatic N) is 1. The fourth-order valence-electron chi connectivity index (χ4n) is 0.890. The zero-order valence-electron chi connectivity index (χ0n) is 6.97. The Morgan fingerprint density at radius 1 is 1.67 bits per heavy atom. The highest BCUT2D eigenvalue weighted by atomic mass is 19.1. The highest BCUT2D eigenvalue weighted by Crippen LogP contribution is 2.07. The van der Waals surface area contributed by atoms with Crippen LogP contribution in [0.3, 0.4) is 0 Å². The molecular formula is C9H9FNO. The van der Waals surface area contributed by atoms with Crippen LogP contribution in [0.4, 0.5) is 4.39 Å². The molecule has 0 aliphatic carbocycles. The second kappa shape index (κ2) is 3.85. The van der Waals surface area contributed by atoms with Gasteiger partial charge in [0.2, 0.25) is 0 Å². The van der Waals surface area contributed by atoms with E-state index in [1.54, 1.807) is 19.1 Å². The summed E-state index contributed by atoms with van der Waals surface area (Å²) in [5, 5.41) is 3.62. The molecule has 0 fully saturated rings. The van der Waals surface area contributed by atoms with Gasteiger partial charge in [-0.3, -0.25) is 0 Å². The van der Waals surface area contributed by atoms with Gasteiger partial charge in [-0.05, 0) is 25.1 Å². The van der Waals surface area contributed by atoms with Gasteiger partial charge in [-0.2, -0.15) is 0 Å². The lowest BCUT2D eigenvalue weighted by molar-refractivity contribution is 0.213. The van der Waals surface area contributed by atoms with Crippen LogP contribution in [0.15, 0.2) is 23.4 Å². The van der Waals surface area contributed by atoms with E-state index >= 15 is 0 Å². The molecule has 3 heteroatoms. The Balaban J connectivity index is 3.02. The molecule has 12 heavy (non-hydrogen) atoms. The quantitative estimate of drug-likeness (QED) is 0.486. The van der Waals surface area contributed by atoms with Gasteiger partial charge in [0.1, 0.15) is 12.9 Å². The van der Waals surface area contributed by atoms with Gasteiger partial charge < -0.3 is 4.84 Å². The fraction of sp³-hybridized carbons (Fsp3) is 0.222. The first-order valence-electron chi connectivity index (χ1n) is 3.49. The molecule has 0 spiro atoms. The lowest BCUT2D eigenvalue weighted by Gasteiger charge is -1.99. The highest BCUT2D eigenvalue weighted by molar-refractivity contribution is 5.98. The molecule has 0 unspecified atom stereocenters. The summed E-state index contributed by atoms with van der Waals surface area (Å²) in [4.78, 5) is 4.52. The molecule has 0 aliphatic heterocycles. The van der Waals surface area contributed by atoms with Crippen molar-refractivity contribution in [1.29, 1.82) is 0 Å². The number of oxime groups is 1. The zero-order valence-corrected chi connectivity index (χ0v) is 6.97. The van der Waals surface area contributed by atoms with Crippen LogP contribution >= 0.6 is 0 Å². The van der Waals surface area contributed by atoms with E-state index in [2.05, 4.69) is 16.1 Å². The van der Waals surface area contributed by atoms with Gasteiger partial charge in [0.15, 0.2) is 0 Å². The Morgan fingerprint density at radius 3 is 3.00 bits per heavy atom. The van der Waals surface area contributed by atoms with Crippen LogP contribution in [0.5, 0.6) is 0 Å². The Kier molecular flexibility index (Phi) is 2.80. The minimum atomic E-state index is -0.337.